The minimum atomic E-state index is 0.689. The Morgan fingerprint density at radius 3 is 2.93 bits per heavy atom. The second-order valence-corrected chi connectivity index (χ2v) is 2.98. The molecule has 0 spiro atoms. The van der Waals surface area contributed by atoms with Gasteiger partial charge < -0.3 is 4.90 Å². The van der Waals surface area contributed by atoms with Crippen LogP contribution in [0.3, 0.4) is 0 Å². The van der Waals surface area contributed by atoms with Gasteiger partial charge in [-0.1, -0.05) is 12.1 Å². The van der Waals surface area contributed by atoms with Crippen LogP contribution in [0, 0.1) is 0 Å². The van der Waals surface area contributed by atoms with Crippen molar-refractivity contribution < 1.29 is 4.79 Å². The van der Waals surface area contributed by atoms with Crippen molar-refractivity contribution >= 4 is 18.3 Å². The molecular formula is C11H10N2O. The van der Waals surface area contributed by atoms with Crippen LogP contribution in [0.25, 0.3) is 0 Å². The van der Waals surface area contributed by atoms with Crippen molar-refractivity contribution in [3.63, 3.8) is 0 Å². The Kier molecular flexibility index (Phi) is 2.40. The number of rotatable bonds is 2. The van der Waals surface area contributed by atoms with Crippen molar-refractivity contribution in [1.29, 1.82) is 0 Å². The van der Waals surface area contributed by atoms with Crippen molar-refractivity contribution in [3.8, 4) is 0 Å². The molecule has 0 fully saturated rings. The number of anilines is 1. The molecule has 1 aromatic carbocycles. The lowest BCUT2D eigenvalue weighted by atomic mass is 10.2. The number of hydrogen-bond acceptors (Lipinski definition) is 3. The molecule has 70 valence electrons. The van der Waals surface area contributed by atoms with Gasteiger partial charge in [0.1, 0.15) is 0 Å². The normalized spacial score (nSPS) is 14.4. The number of benzene rings is 1. The maximum atomic E-state index is 10.8. The molecule has 0 N–H and O–H groups in total. The molecule has 0 radical (unpaired) electrons. The largest absolute Gasteiger partial charge is 0.328 e. The van der Waals surface area contributed by atoms with Crippen LogP contribution in [0.1, 0.15) is 10.4 Å². The molecule has 1 aromatic rings. The molecule has 1 aliphatic rings. The third-order valence-corrected chi connectivity index (χ3v) is 2.07. The summed E-state index contributed by atoms with van der Waals surface area (Å²) in [6.45, 7) is 0.758. The molecule has 1 heterocycles. The molecule has 0 atom stereocenters. The molecule has 1 aliphatic heterocycles. The first-order valence-electron chi connectivity index (χ1n) is 4.41. The van der Waals surface area contributed by atoms with E-state index >= 15 is 0 Å². The van der Waals surface area contributed by atoms with Gasteiger partial charge in [0.15, 0.2) is 6.29 Å². The monoisotopic (exact) mass is 186 g/mol. The van der Waals surface area contributed by atoms with Gasteiger partial charge in [-0.2, -0.15) is 0 Å². The maximum absolute atomic E-state index is 10.8. The average molecular weight is 186 g/mol. The van der Waals surface area contributed by atoms with Crippen LogP contribution >= 0.6 is 0 Å². The molecule has 0 saturated heterocycles. The van der Waals surface area contributed by atoms with Crippen molar-refractivity contribution in [2.75, 3.05) is 11.4 Å². The number of carbonyl (C=O) groups is 1. The third-order valence-electron chi connectivity index (χ3n) is 2.07. The highest BCUT2D eigenvalue weighted by Gasteiger charge is 2.07. The Balaban J connectivity index is 2.35. The van der Waals surface area contributed by atoms with Gasteiger partial charge in [-0.25, -0.2) is 4.99 Å². The molecule has 0 aliphatic carbocycles. The first kappa shape index (κ1) is 8.69. The first-order chi connectivity index (χ1) is 6.92. The molecule has 0 amide bonds. The predicted octanol–water partition coefficient (Wildman–Crippen LogP) is 1.86. The summed E-state index contributed by atoms with van der Waals surface area (Å²) in [7, 11) is 0. The summed E-state index contributed by atoms with van der Waals surface area (Å²) in [5.74, 6) is 0. The van der Waals surface area contributed by atoms with Crippen LogP contribution in [0.4, 0.5) is 5.69 Å². The topological polar surface area (TPSA) is 32.7 Å². The minimum Gasteiger partial charge on any atom is -0.328 e. The van der Waals surface area contributed by atoms with Crippen LogP contribution < -0.4 is 4.90 Å². The lowest BCUT2D eigenvalue weighted by Crippen LogP contribution is -2.23. The fraction of sp³-hybridized carbons (Fsp3) is 0.0909. The van der Waals surface area contributed by atoms with Crippen LogP contribution in [0.15, 0.2) is 41.5 Å². The molecule has 0 aromatic heterocycles. The van der Waals surface area contributed by atoms with Gasteiger partial charge in [0.25, 0.3) is 0 Å². The molecule has 3 nitrogen and oxygen atoms in total. The fourth-order valence-electron chi connectivity index (χ4n) is 1.40. The number of para-hydroxylation sites is 1. The smallest absolute Gasteiger partial charge is 0.152 e. The summed E-state index contributed by atoms with van der Waals surface area (Å²) in [6, 6.07) is 7.47. The van der Waals surface area contributed by atoms with E-state index in [4.69, 9.17) is 0 Å². The Bertz CT molecular complexity index is 396. The van der Waals surface area contributed by atoms with E-state index < -0.39 is 0 Å². The Morgan fingerprint density at radius 2 is 2.21 bits per heavy atom. The Hall–Kier alpha value is -1.90. The third kappa shape index (κ3) is 1.57. The van der Waals surface area contributed by atoms with Crippen molar-refractivity contribution in [2.24, 2.45) is 4.99 Å². The van der Waals surface area contributed by atoms with Crippen molar-refractivity contribution in [2.45, 2.75) is 0 Å². The van der Waals surface area contributed by atoms with E-state index in [1.807, 2.05) is 29.2 Å². The van der Waals surface area contributed by atoms with Crippen LogP contribution in [0.5, 0.6) is 0 Å². The zero-order chi connectivity index (χ0) is 9.80. The van der Waals surface area contributed by atoms with E-state index in [0.29, 0.717) is 5.56 Å². The summed E-state index contributed by atoms with van der Waals surface area (Å²) in [6.07, 6.45) is 6.28. The Labute approximate surface area is 82.4 Å². The van der Waals surface area contributed by atoms with Crippen molar-refractivity contribution in [1.82, 2.24) is 0 Å². The molecule has 14 heavy (non-hydrogen) atoms. The molecular weight excluding hydrogens is 176 g/mol. The van der Waals surface area contributed by atoms with E-state index in [1.165, 1.54) is 0 Å². The minimum absolute atomic E-state index is 0.689. The van der Waals surface area contributed by atoms with Crippen molar-refractivity contribution in [3.05, 3.63) is 42.1 Å². The predicted molar refractivity (Wildman–Crippen MR) is 56.8 cm³/mol. The van der Waals surface area contributed by atoms with E-state index in [-0.39, 0.29) is 0 Å². The van der Waals surface area contributed by atoms with Crippen LogP contribution in [-0.4, -0.2) is 19.2 Å². The highest BCUT2D eigenvalue weighted by Crippen LogP contribution is 2.18. The fourth-order valence-corrected chi connectivity index (χ4v) is 1.40. The number of nitrogens with zero attached hydrogens (tertiary/aromatic N) is 2. The van der Waals surface area contributed by atoms with Gasteiger partial charge in [-0.05, 0) is 18.2 Å². The van der Waals surface area contributed by atoms with Gasteiger partial charge in [-0.3, -0.25) is 4.79 Å². The standard InChI is InChI=1S/C11H10N2O/c14-8-10-4-1-2-5-11(10)13-7-3-6-12-9-13/h1-6,8-9H,7H2. The van der Waals surface area contributed by atoms with E-state index in [9.17, 15) is 4.79 Å². The highest BCUT2D eigenvalue weighted by molar-refractivity contribution is 5.91. The maximum Gasteiger partial charge on any atom is 0.152 e. The molecule has 2 rings (SSSR count). The first-order valence-corrected chi connectivity index (χ1v) is 4.41. The van der Waals surface area contributed by atoms with Gasteiger partial charge in [0, 0.05) is 18.3 Å². The van der Waals surface area contributed by atoms with Crippen LogP contribution in [0.2, 0.25) is 0 Å². The summed E-state index contributed by atoms with van der Waals surface area (Å²) >= 11 is 0. The Morgan fingerprint density at radius 1 is 1.36 bits per heavy atom. The molecule has 0 unspecified atom stereocenters. The molecule has 0 saturated carbocycles. The zero-order valence-corrected chi connectivity index (χ0v) is 7.63. The SMILES string of the molecule is O=Cc1ccccc1N1C=NC=CC1. The average Bonchev–Trinajstić information content (AvgIpc) is 2.30. The van der Waals surface area contributed by atoms with E-state index in [0.717, 1.165) is 18.5 Å². The second kappa shape index (κ2) is 3.87. The van der Waals surface area contributed by atoms with Gasteiger partial charge in [-0.15, -0.1) is 0 Å². The van der Waals surface area contributed by atoms with E-state index in [1.54, 1.807) is 18.6 Å². The van der Waals surface area contributed by atoms with E-state index in [2.05, 4.69) is 4.99 Å². The summed E-state index contributed by atoms with van der Waals surface area (Å²) < 4.78 is 0. The van der Waals surface area contributed by atoms with Gasteiger partial charge in [0.2, 0.25) is 0 Å². The number of aldehydes is 1. The lowest BCUT2D eigenvalue weighted by Gasteiger charge is -2.20. The lowest BCUT2D eigenvalue weighted by molar-refractivity contribution is 0.112. The number of aliphatic imine (C=N–C) groups is 1. The summed E-state index contributed by atoms with van der Waals surface area (Å²) in [5.41, 5.74) is 1.59. The summed E-state index contributed by atoms with van der Waals surface area (Å²) in [5, 5.41) is 0. The zero-order valence-electron chi connectivity index (χ0n) is 7.63. The molecule has 3 heteroatoms. The highest BCUT2D eigenvalue weighted by atomic mass is 16.1. The van der Waals surface area contributed by atoms with Gasteiger partial charge >= 0.3 is 0 Å². The van der Waals surface area contributed by atoms with Crippen LogP contribution in [-0.2, 0) is 0 Å². The molecule has 0 bridgehead atoms. The summed E-state index contributed by atoms with van der Waals surface area (Å²) in [4.78, 5) is 16.7. The van der Waals surface area contributed by atoms with Gasteiger partial charge in [0.05, 0.1) is 12.0 Å². The quantitative estimate of drug-likeness (QED) is 0.660. The number of hydrogen-bond donors (Lipinski definition) is 0. The second-order valence-electron chi connectivity index (χ2n) is 2.98. The number of carbonyl (C=O) groups excluding carboxylic acids is 1.